The van der Waals surface area contributed by atoms with Gasteiger partial charge in [0.25, 0.3) is 0 Å². The highest BCUT2D eigenvalue weighted by Crippen LogP contribution is 2.44. The average Bonchev–Trinajstić information content (AvgIpc) is 3.66. The van der Waals surface area contributed by atoms with Crippen molar-refractivity contribution in [1.82, 2.24) is 14.8 Å². The van der Waals surface area contributed by atoms with Crippen molar-refractivity contribution in [2.45, 2.75) is 63.1 Å². The van der Waals surface area contributed by atoms with Crippen molar-refractivity contribution < 1.29 is 23.8 Å². The molecule has 3 aliphatic heterocycles. The van der Waals surface area contributed by atoms with E-state index in [9.17, 15) is 9.59 Å². The minimum Gasteiger partial charge on any atom is -0.493 e. The second-order valence-electron chi connectivity index (χ2n) is 14.3. The summed E-state index contributed by atoms with van der Waals surface area (Å²) in [5.74, 6) is 2.90. The van der Waals surface area contributed by atoms with Crippen LogP contribution >= 0.6 is 11.6 Å². The van der Waals surface area contributed by atoms with Gasteiger partial charge in [0.15, 0.2) is 11.5 Å². The maximum absolute atomic E-state index is 14.0. The summed E-state index contributed by atoms with van der Waals surface area (Å²) in [5.41, 5.74) is 3.56. The molecule has 2 saturated heterocycles. The molecule has 2 aromatic carbocycles. The van der Waals surface area contributed by atoms with Crippen LogP contribution in [0.3, 0.4) is 0 Å². The number of methoxy groups -OCH3 is 1. The van der Waals surface area contributed by atoms with Gasteiger partial charge in [0.2, 0.25) is 11.8 Å². The van der Waals surface area contributed by atoms with Crippen LogP contribution in [0.1, 0.15) is 61.3 Å². The van der Waals surface area contributed by atoms with Gasteiger partial charge in [0, 0.05) is 51.4 Å². The maximum Gasteiger partial charge on any atom is 0.236 e. The monoisotopic (exact) mass is 701 g/mol. The van der Waals surface area contributed by atoms with Gasteiger partial charge >= 0.3 is 0 Å². The second kappa shape index (κ2) is 15.2. The SMILES string of the molecule is COc1cc2c(cc1OC[C@H]1CCCO1)[C@H](c1ccc(Cl)cc1)N(c1ccc(N(C)C[C@H]3CC[C@H](N4CCN(C)C(=O)C4)CC3)nc1)C(=O)C2. The molecule has 4 aliphatic rings. The van der Waals surface area contributed by atoms with Gasteiger partial charge in [-0.3, -0.25) is 19.4 Å². The molecule has 0 radical (unpaired) electrons. The Labute approximate surface area is 300 Å². The highest BCUT2D eigenvalue weighted by atomic mass is 35.5. The van der Waals surface area contributed by atoms with E-state index in [1.165, 1.54) is 0 Å². The molecule has 7 rings (SSSR count). The van der Waals surface area contributed by atoms with Crippen LogP contribution in [-0.4, -0.2) is 99.3 Å². The summed E-state index contributed by atoms with van der Waals surface area (Å²) in [6.07, 6.45) is 8.65. The number of amides is 2. The minimum atomic E-state index is -0.407. The first-order valence-corrected chi connectivity index (χ1v) is 18.3. The van der Waals surface area contributed by atoms with E-state index in [1.54, 1.807) is 7.11 Å². The number of carbonyl (C=O) groups is 2. The summed E-state index contributed by atoms with van der Waals surface area (Å²) in [5, 5.41) is 0.634. The van der Waals surface area contributed by atoms with Crippen molar-refractivity contribution in [3.63, 3.8) is 0 Å². The summed E-state index contributed by atoms with van der Waals surface area (Å²) in [7, 11) is 5.62. The minimum absolute atomic E-state index is 0.0192. The van der Waals surface area contributed by atoms with E-state index >= 15 is 0 Å². The summed E-state index contributed by atoms with van der Waals surface area (Å²) >= 11 is 6.31. The average molecular weight is 702 g/mol. The molecule has 266 valence electrons. The maximum atomic E-state index is 14.0. The largest absolute Gasteiger partial charge is 0.493 e. The van der Waals surface area contributed by atoms with Crippen LogP contribution in [0.4, 0.5) is 11.5 Å². The normalized spacial score (nSPS) is 24.3. The second-order valence-corrected chi connectivity index (χ2v) is 14.7. The van der Waals surface area contributed by atoms with E-state index in [4.69, 9.17) is 30.8 Å². The lowest BCUT2D eigenvalue weighted by Gasteiger charge is -2.41. The van der Waals surface area contributed by atoms with Crippen LogP contribution in [0.2, 0.25) is 5.02 Å². The molecule has 11 heteroatoms. The van der Waals surface area contributed by atoms with Crippen molar-refractivity contribution in [2.24, 2.45) is 5.92 Å². The van der Waals surface area contributed by atoms with Crippen LogP contribution < -0.4 is 19.3 Å². The molecule has 0 unspecified atom stereocenters. The number of nitrogens with zero attached hydrogens (tertiary/aromatic N) is 5. The number of benzene rings is 2. The number of fused-ring (bicyclic) bond motifs is 1. The molecule has 1 aromatic heterocycles. The van der Waals surface area contributed by atoms with E-state index in [-0.39, 0.29) is 24.3 Å². The molecule has 2 amide bonds. The van der Waals surface area contributed by atoms with Crippen molar-refractivity contribution in [3.8, 4) is 11.5 Å². The predicted octanol–water partition coefficient (Wildman–Crippen LogP) is 5.75. The molecular weight excluding hydrogens is 654 g/mol. The van der Waals surface area contributed by atoms with E-state index in [2.05, 4.69) is 16.8 Å². The van der Waals surface area contributed by atoms with Crippen molar-refractivity contribution in [3.05, 3.63) is 76.4 Å². The van der Waals surface area contributed by atoms with Gasteiger partial charge < -0.3 is 24.0 Å². The number of rotatable bonds is 10. The number of halogens is 1. The van der Waals surface area contributed by atoms with Crippen LogP contribution in [0.5, 0.6) is 11.5 Å². The predicted molar refractivity (Wildman–Crippen MR) is 194 cm³/mol. The number of piperazine rings is 1. The lowest BCUT2D eigenvalue weighted by Crippen LogP contribution is -2.53. The van der Waals surface area contributed by atoms with Crippen LogP contribution in [0, 0.1) is 5.92 Å². The van der Waals surface area contributed by atoms with Gasteiger partial charge in [-0.15, -0.1) is 0 Å². The molecule has 0 spiro atoms. The highest BCUT2D eigenvalue weighted by molar-refractivity contribution is 6.30. The van der Waals surface area contributed by atoms with Crippen LogP contribution in [0.25, 0.3) is 0 Å². The molecule has 3 aromatic rings. The Balaban J connectivity index is 1.08. The summed E-state index contributed by atoms with van der Waals surface area (Å²) < 4.78 is 17.8. The molecule has 50 heavy (non-hydrogen) atoms. The fourth-order valence-electron chi connectivity index (χ4n) is 8.06. The van der Waals surface area contributed by atoms with Crippen molar-refractivity contribution >= 4 is 34.9 Å². The lowest BCUT2D eigenvalue weighted by atomic mass is 9.84. The molecule has 1 aliphatic carbocycles. The van der Waals surface area contributed by atoms with Gasteiger partial charge in [-0.2, -0.15) is 0 Å². The number of anilines is 2. The molecular formula is C39H48ClN5O5. The Hall–Kier alpha value is -3.86. The third-order valence-electron chi connectivity index (χ3n) is 11.0. The zero-order chi connectivity index (χ0) is 34.8. The summed E-state index contributed by atoms with van der Waals surface area (Å²) in [4.78, 5) is 39.4. The van der Waals surface area contributed by atoms with Crippen LogP contribution in [0.15, 0.2) is 54.7 Å². The van der Waals surface area contributed by atoms with Gasteiger partial charge in [-0.1, -0.05) is 23.7 Å². The molecule has 0 N–H and O–H groups in total. The smallest absolute Gasteiger partial charge is 0.236 e. The number of ether oxygens (including phenoxy) is 3. The van der Waals surface area contributed by atoms with E-state index < -0.39 is 6.04 Å². The third-order valence-corrected chi connectivity index (χ3v) is 11.2. The standard InChI is InChI=1S/C39H48ClN5O5/c1-42-16-17-44(24-38(42)47)30-12-6-26(7-13-30)23-43(2)36-15-14-31(22-41-36)45-37(46)20-28-19-34(48-3)35(50-25-32-5-4-18-49-32)21-33(28)39(45)27-8-10-29(40)11-9-27/h8-11,14-15,19,21-22,26,30,32,39H,4-7,12-13,16-18,20,23-25H2,1-3H3/t26-,30-,32-,39+/m1/s1. The van der Waals surface area contributed by atoms with Crippen molar-refractivity contribution in [1.29, 1.82) is 0 Å². The Kier molecular flexibility index (Phi) is 10.5. The molecule has 1 saturated carbocycles. The molecule has 0 bridgehead atoms. The van der Waals surface area contributed by atoms with E-state index in [1.807, 2.05) is 71.6 Å². The first kappa shape index (κ1) is 34.6. The van der Waals surface area contributed by atoms with Gasteiger partial charge in [0.05, 0.1) is 44.1 Å². The Morgan fingerprint density at radius 2 is 1.78 bits per heavy atom. The summed E-state index contributed by atoms with van der Waals surface area (Å²) in [6.45, 7) is 4.46. The summed E-state index contributed by atoms with van der Waals surface area (Å²) in [6, 6.07) is 15.7. The molecule has 2 atom stereocenters. The number of carbonyl (C=O) groups excluding carboxylic acids is 2. The number of hydrogen-bond donors (Lipinski definition) is 0. The van der Waals surface area contributed by atoms with Crippen molar-refractivity contribution in [2.75, 3.05) is 70.4 Å². The van der Waals surface area contributed by atoms with E-state index in [0.717, 1.165) is 93.0 Å². The zero-order valence-electron chi connectivity index (χ0n) is 29.4. The quantitative estimate of drug-likeness (QED) is 0.264. The topological polar surface area (TPSA) is 87.7 Å². The Bertz CT molecular complexity index is 1660. The number of hydrogen-bond acceptors (Lipinski definition) is 8. The van der Waals surface area contributed by atoms with Gasteiger partial charge in [0.1, 0.15) is 12.4 Å². The number of likely N-dealkylation sites (N-methyl/N-ethyl adjacent to an activating group) is 1. The van der Waals surface area contributed by atoms with Gasteiger partial charge in [-0.05, 0) is 97.5 Å². The fourth-order valence-corrected chi connectivity index (χ4v) is 8.19. The Morgan fingerprint density at radius 3 is 2.46 bits per heavy atom. The lowest BCUT2D eigenvalue weighted by molar-refractivity contribution is -0.135. The third kappa shape index (κ3) is 7.43. The highest BCUT2D eigenvalue weighted by Gasteiger charge is 2.37. The first-order valence-electron chi connectivity index (χ1n) is 17.9. The Morgan fingerprint density at radius 1 is 0.980 bits per heavy atom. The fraction of sp³-hybridized carbons (Fsp3) is 0.513. The molecule has 10 nitrogen and oxygen atoms in total. The van der Waals surface area contributed by atoms with E-state index in [0.29, 0.717) is 41.6 Å². The molecule has 4 heterocycles. The molecule has 3 fully saturated rings. The number of pyridine rings is 1. The zero-order valence-corrected chi connectivity index (χ0v) is 30.1. The first-order chi connectivity index (χ1) is 24.3. The van der Waals surface area contributed by atoms with Crippen LogP contribution in [-0.2, 0) is 20.7 Å². The van der Waals surface area contributed by atoms with Gasteiger partial charge in [-0.25, -0.2) is 4.98 Å². The number of aromatic nitrogens is 1.